The van der Waals surface area contributed by atoms with Gasteiger partial charge in [-0.15, -0.1) is 0 Å². The number of hydrogen-bond acceptors (Lipinski definition) is 2. The molecule has 1 heterocycles. The smallest absolute Gasteiger partial charge is 0.335 e. The lowest BCUT2D eigenvalue weighted by molar-refractivity contribution is 0.0697. The van der Waals surface area contributed by atoms with Gasteiger partial charge in [-0.1, -0.05) is 69.3 Å². The van der Waals surface area contributed by atoms with Crippen molar-refractivity contribution in [1.82, 2.24) is 9.55 Å². The zero-order chi connectivity index (χ0) is 20.6. The van der Waals surface area contributed by atoms with Crippen molar-refractivity contribution in [3.05, 3.63) is 89.5 Å². The first-order chi connectivity index (χ1) is 13.8. The number of carbonyl (C=O) groups is 1. The molecule has 1 N–H and O–H groups in total. The monoisotopic (exact) mass is 384 g/mol. The molecule has 29 heavy (non-hydrogen) atoms. The number of carboxylic acid groups (broad SMARTS) is 1. The number of fused-ring (bicyclic) bond motifs is 1. The number of para-hydroxylation sites is 2. The standard InChI is InChI=1S/C25H24N2O2/c1-25(2,3)20-14-8-17(9-15-20)16-27-22-7-5-4-6-21(22)26-23(27)18-10-12-19(13-11-18)24(28)29/h4-15H,16H2,1-3H3,(H,28,29). The first kappa shape index (κ1) is 18.9. The Hall–Kier alpha value is -3.40. The number of nitrogens with zero attached hydrogens (tertiary/aromatic N) is 2. The molecule has 0 bridgehead atoms. The van der Waals surface area contributed by atoms with Crippen molar-refractivity contribution in [3.63, 3.8) is 0 Å². The quantitative estimate of drug-likeness (QED) is 0.487. The zero-order valence-corrected chi connectivity index (χ0v) is 16.9. The van der Waals surface area contributed by atoms with Crippen LogP contribution in [-0.2, 0) is 12.0 Å². The maximum absolute atomic E-state index is 11.2. The van der Waals surface area contributed by atoms with E-state index in [9.17, 15) is 4.79 Å². The molecule has 0 fully saturated rings. The van der Waals surface area contributed by atoms with Crippen LogP contribution in [0, 0.1) is 0 Å². The normalized spacial score (nSPS) is 11.7. The van der Waals surface area contributed by atoms with Gasteiger partial charge in [0.05, 0.1) is 16.6 Å². The minimum absolute atomic E-state index is 0.122. The average Bonchev–Trinajstić information content (AvgIpc) is 3.06. The average molecular weight is 384 g/mol. The van der Waals surface area contributed by atoms with E-state index < -0.39 is 5.97 Å². The van der Waals surface area contributed by atoms with Crippen molar-refractivity contribution in [1.29, 1.82) is 0 Å². The van der Waals surface area contributed by atoms with Crippen LogP contribution in [-0.4, -0.2) is 20.6 Å². The van der Waals surface area contributed by atoms with Gasteiger partial charge >= 0.3 is 5.97 Å². The number of hydrogen-bond donors (Lipinski definition) is 1. The molecule has 0 spiro atoms. The summed E-state index contributed by atoms with van der Waals surface area (Å²) in [5.41, 5.74) is 5.79. The van der Waals surface area contributed by atoms with Crippen LogP contribution in [0.3, 0.4) is 0 Å². The summed E-state index contributed by atoms with van der Waals surface area (Å²) in [6.07, 6.45) is 0. The number of benzene rings is 3. The van der Waals surface area contributed by atoms with Crippen LogP contribution in [0.4, 0.5) is 0 Å². The summed E-state index contributed by atoms with van der Waals surface area (Å²) in [6, 6.07) is 23.7. The first-order valence-electron chi connectivity index (χ1n) is 9.71. The van der Waals surface area contributed by atoms with Gasteiger partial charge in [0.1, 0.15) is 5.82 Å². The van der Waals surface area contributed by atoms with Crippen molar-refractivity contribution in [2.24, 2.45) is 0 Å². The lowest BCUT2D eigenvalue weighted by Gasteiger charge is -2.19. The molecule has 3 aromatic carbocycles. The highest BCUT2D eigenvalue weighted by atomic mass is 16.4. The summed E-state index contributed by atoms with van der Waals surface area (Å²) in [5.74, 6) is -0.0907. The minimum atomic E-state index is -0.927. The Labute approximate surface area is 170 Å². The van der Waals surface area contributed by atoms with Gasteiger partial charge < -0.3 is 9.67 Å². The molecule has 0 radical (unpaired) electrons. The molecule has 4 heteroatoms. The second-order valence-corrected chi connectivity index (χ2v) is 8.34. The Balaban J connectivity index is 1.77. The van der Waals surface area contributed by atoms with Crippen molar-refractivity contribution < 1.29 is 9.90 Å². The molecule has 0 unspecified atom stereocenters. The van der Waals surface area contributed by atoms with Crippen molar-refractivity contribution in [2.45, 2.75) is 32.7 Å². The maximum Gasteiger partial charge on any atom is 0.335 e. The Kier molecular flexibility index (Phi) is 4.71. The van der Waals surface area contributed by atoms with Crippen molar-refractivity contribution in [3.8, 4) is 11.4 Å². The highest BCUT2D eigenvalue weighted by molar-refractivity contribution is 5.88. The van der Waals surface area contributed by atoms with Crippen LogP contribution in [0.2, 0.25) is 0 Å². The molecule has 146 valence electrons. The van der Waals surface area contributed by atoms with E-state index >= 15 is 0 Å². The molecule has 1 aromatic heterocycles. The van der Waals surface area contributed by atoms with Crippen LogP contribution in [0.1, 0.15) is 42.3 Å². The van der Waals surface area contributed by atoms with Crippen LogP contribution in [0.25, 0.3) is 22.4 Å². The molecule has 4 aromatic rings. The number of carboxylic acids is 1. The minimum Gasteiger partial charge on any atom is -0.478 e. The van der Waals surface area contributed by atoms with E-state index in [0.29, 0.717) is 6.54 Å². The van der Waals surface area contributed by atoms with Gasteiger partial charge in [-0.3, -0.25) is 0 Å². The summed E-state index contributed by atoms with van der Waals surface area (Å²) in [6.45, 7) is 7.33. The van der Waals surface area contributed by atoms with Crippen LogP contribution in [0.5, 0.6) is 0 Å². The van der Waals surface area contributed by atoms with Gasteiger partial charge in [0.25, 0.3) is 0 Å². The summed E-state index contributed by atoms with van der Waals surface area (Å²) < 4.78 is 2.19. The predicted molar refractivity (Wildman–Crippen MR) is 116 cm³/mol. The molecule has 4 rings (SSSR count). The van der Waals surface area contributed by atoms with Gasteiger partial charge in [0.2, 0.25) is 0 Å². The third kappa shape index (κ3) is 3.79. The van der Waals surface area contributed by atoms with E-state index in [4.69, 9.17) is 10.1 Å². The summed E-state index contributed by atoms with van der Waals surface area (Å²) in [7, 11) is 0. The first-order valence-corrected chi connectivity index (χ1v) is 9.71. The molecule has 0 amide bonds. The van der Waals surface area contributed by atoms with Crippen molar-refractivity contribution >= 4 is 17.0 Å². The number of aromatic carboxylic acids is 1. The molecule has 0 aliphatic rings. The topological polar surface area (TPSA) is 55.1 Å². The highest BCUT2D eigenvalue weighted by Gasteiger charge is 2.15. The number of imidazole rings is 1. The fourth-order valence-electron chi connectivity index (χ4n) is 3.51. The van der Waals surface area contributed by atoms with E-state index in [2.05, 4.69) is 55.7 Å². The van der Waals surface area contributed by atoms with Crippen LogP contribution in [0.15, 0.2) is 72.8 Å². The molecule has 0 saturated carbocycles. The Morgan fingerprint density at radius 3 is 2.21 bits per heavy atom. The summed E-state index contributed by atoms with van der Waals surface area (Å²) >= 11 is 0. The molecular formula is C25H24N2O2. The second kappa shape index (κ2) is 7.21. The van der Waals surface area contributed by atoms with E-state index in [1.54, 1.807) is 12.1 Å². The Bertz CT molecular complexity index is 1160. The lowest BCUT2D eigenvalue weighted by Crippen LogP contribution is -2.11. The van der Waals surface area contributed by atoms with E-state index in [-0.39, 0.29) is 11.0 Å². The van der Waals surface area contributed by atoms with Crippen LogP contribution >= 0.6 is 0 Å². The van der Waals surface area contributed by atoms with Gasteiger partial charge in [0, 0.05) is 12.1 Å². The Morgan fingerprint density at radius 2 is 1.59 bits per heavy atom. The van der Waals surface area contributed by atoms with Crippen LogP contribution < -0.4 is 0 Å². The molecule has 0 aliphatic carbocycles. The number of aromatic nitrogens is 2. The zero-order valence-electron chi connectivity index (χ0n) is 16.9. The van der Waals surface area contributed by atoms with Gasteiger partial charge in [-0.05, 0) is 40.8 Å². The predicted octanol–water partition coefficient (Wildman–Crippen LogP) is 5.75. The largest absolute Gasteiger partial charge is 0.478 e. The maximum atomic E-state index is 11.2. The third-order valence-electron chi connectivity index (χ3n) is 5.21. The molecule has 0 atom stereocenters. The SMILES string of the molecule is CC(C)(C)c1ccc(Cn2c(-c3ccc(C(=O)O)cc3)nc3ccccc32)cc1. The van der Waals surface area contributed by atoms with Crippen molar-refractivity contribution in [2.75, 3.05) is 0 Å². The van der Waals surface area contributed by atoms with Gasteiger partial charge in [-0.25, -0.2) is 9.78 Å². The van der Waals surface area contributed by atoms with E-state index in [1.807, 2.05) is 30.3 Å². The number of rotatable bonds is 4. The third-order valence-corrected chi connectivity index (χ3v) is 5.21. The molecule has 0 aliphatic heterocycles. The van der Waals surface area contributed by atoms with E-state index in [1.165, 1.54) is 11.1 Å². The summed E-state index contributed by atoms with van der Waals surface area (Å²) in [4.78, 5) is 16.0. The fourth-order valence-corrected chi connectivity index (χ4v) is 3.51. The fraction of sp³-hybridized carbons (Fsp3) is 0.200. The summed E-state index contributed by atoms with van der Waals surface area (Å²) in [5, 5.41) is 9.17. The molecule has 0 saturated heterocycles. The van der Waals surface area contributed by atoms with Gasteiger partial charge in [-0.2, -0.15) is 0 Å². The Morgan fingerprint density at radius 1 is 0.931 bits per heavy atom. The molecular weight excluding hydrogens is 360 g/mol. The second-order valence-electron chi connectivity index (χ2n) is 8.34. The van der Waals surface area contributed by atoms with E-state index in [0.717, 1.165) is 22.4 Å². The van der Waals surface area contributed by atoms with Gasteiger partial charge in [0.15, 0.2) is 0 Å². The lowest BCUT2D eigenvalue weighted by atomic mass is 9.87. The molecule has 4 nitrogen and oxygen atoms in total. The highest BCUT2D eigenvalue weighted by Crippen LogP contribution is 2.27.